The van der Waals surface area contributed by atoms with Crippen molar-refractivity contribution in [2.24, 2.45) is 5.73 Å². The molecule has 2 rings (SSSR count). The molecule has 2 aromatic carbocycles. The molecule has 0 heterocycles. The normalized spacial score (nSPS) is 11.4. The monoisotopic (exact) mass is 329 g/mol. The Hall–Kier alpha value is -3.42. The van der Waals surface area contributed by atoms with E-state index in [9.17, 15) is 19.7 Å². The van der Waals surface area contributed by atoms with Crippen molar-refractivity contribution in [2.75, 3.05) is 5.32 Å². The van der Waals surface area contributed by atoms with E-state index in [1.807, 2.05) is 0 Å². The van der Waals surface area contributed by atoms with Gasteiger partial charge in [-0.05, 0) is 43.3 Å². The summed E-state index contributed by atoms with van der Waals surface area (Å²) in [7, 11) is 0. The van der Waals surface area contributed by atoms with E-state index in [1.54, 1.807) is 19.1 Å². The zero-order valence-corrected chi connectivity index (χ0v) is 12.8. The molecule has 0 saturated heterocycles. The third-order valence-corrected chi connectivity index (χ3v) is 3.17. The van der Waals surface area contributed by atoms with Crippen LogP contribution in [0.3, 0.4) is 0 Å². The van der Waals surface area contributed by atoms with Gasteiger partial charge in [-0.3, -0.25) is 19.7 Å². The maximum atomic E-state index is 12.1. The number of carbonyl (C=O) groups excluding carboxylic acids is 2. The van der Waals surface area contributed by atoms with Gasteiger partial charge in [-0.2, -0.15) is 0 Å². The number of amides is 2. The Kier molecular flexibility index (Phi) is 5.10. The van der Waals surface area contributed by atoms with E-state index in [2.05, 4.69) is 5.32 Å². The first-order valence-electron chi connectivity index (χ1n) is 6.98. The summed E-state index contributed by atoms with van der Waals surface area (Å²) in [5, 5.41) is 13.2. The average molecular weight is 329 g/mol. The summed E-state index contributed by atoms with van der Waals surface area (Å²) in [4.78, 5) is 33.1. The Labute approximate surface area is 137 Å². The molecule has 124 valence electrons. The van der Waals surface area contributed by atoms with Gasteiger partial charge in [0.1, 0.15) is 5.75 Å². The average Bonchev–Trinajstić information content (AvgIpc) is 2.55. The van der Waals surface area contributed by atoms with Crippen molar-refractivity contribution in [3.05, 3.63) is 64.2 Å². The number of nitrogens with one attached hydrogen (secondary N) is 1. The first kappa shape index (κ1) is 16.9. The predicted octanol–water partition coefficient (Wildman–Crippen LogP) is 2.10. The van der Waals surface area contributed by atoms with E-state index in [0.717, 1.165) is 0 Å². The first-order chi connectivity index (χ1) is 11.4. The number of rotatable bonds is 6. The van der Waals surface area contributed by atoms with Crippen molar-refractivity contribution in [1.82, 2.24) is 0 Å². The minimum atomic E-state index is -0.817. The third-order valence-electron chi connectivity index (χ3n) is 3.17. The minimum Gasteiger partial charge on any atom is -0.481 e. The molecule has 3 N–H and O–H groups in total. The van der Waals surface area contributed by atoms with Gasteiger partial charge in [0.2, 0.25) is 5.91 Å². The number of primary amides is 1. The van der Waals surface area contributed by atoms with Gasteiger partial charge in [0, 0.05) is 23.4 Å². The fourth-order valence-corrected chi connectivity index (χ4v) is 1.87. The molecule has 8 nitrogen and oxygen atoms in total. The van der Waals surface area contributed by atoms with Crippen LogP contribution in [0.2, 0.25) is 0 Å². The van der Waals surface area contributed by atoms with Crippen LogP contribution in [0.15, 0.2) is 48.5 Å². The second-order valence-electron chi connectivity index (χ2n) is 4.94. The van der Waals surface area contributed by atoms with Gasteiger partial charge in [0.25, 0.3) is 11.6 Å². The van der Waals surface area contributed by atoms with Crippen molar-refractivity contribution in [2.45, 2.75) is 13.0 Å². The molecule has 1 atom stereocenters. The molecule has 24 heavy (non-hydrogen) atoms. The van der Waals surface area contributed by atoms with E-state index < -0.39 is 22.8 Å². The van der Waals surface area contributed by atoms with Crippen LogP contribution < -0.4 is 15.8 Å². The van der Waals surface area contributed by atoms with E-state index in [0.29, 0.717) is 17.0 Å². The molecule has 0 aliphatic carbocycles. The number of hydrogen-bond acceptors (Lipinski definition) is 5. The van der Waals surface area contributed by atoms with Gasteiger partial charge < -0.3 is 15.8 Å². The molecule has 0 radical (unpaired) electrons. The quantitative estimate of drug-likeness (QED) is 0.620. The number of non-ortho nitro benzene ring substituents is 1. The lowest BCUT2D eigenvalue weighted by Gasteiger charge is -2.14. The van der Waals surface area contributed by atoms with E-state index in [-0.39, 0.29) is 5.69 Å². The third kappa shape index (κ3) is 4.29. The molecule has 0 saturated carbocycles. The first-order valence-corrected chi connectivity index (χ1v) is 6.98. The SMILES string of the molecule is C[C@@H](Oc1ccc([N+](=O)[O-])cc1)C(=O)Nc1ccc(C(N)=O)cc1. The zero-order valence-electron chi connectivity index (χ0n) is 12.8. The number of ether oxygens (including phenoxy) is 1. The molecule has 0 fully saturated rings. The molecular formula is C16H15N3O5. The highest BCUT2D eigenvalue weighted by atomic mass is 16.6. The molecular weight excluding hydrogens is 314 g/mol. The lowest BCUT2D eigenvalue weighted by molar-refractivity contribution is -0.384. The number of carbonyl (C=O) groups is 2. The maximum absolute atomic E-state index is 12.1. The Bertz CT molecular complexity index is 756. The second kappa shape index (κ2) is 7.23. The van der Waals surface area contributed by atoms with Gasteiger partial charge in [0.15, 0.2) is 6.10 Å². The smallest absolute Gasteiger partial charge is 0.269 e. The summed E-state index contributed by atoms with van der Waals surface area (Å²) in [6.07, 6.45) is -0.817. The predicted molar refractivity (Wildman–Crippen MR) is 86.8 cm³/mol. The van der Waals surface area contributed by atoms with Crippen LogP contribution >= 0.6 is 0 Å². The van der Waals surface area contributed by atoms with Crippen LogP contribution in [0.25, 0.3) is 0 Å². The topological polar surface area (TPSA) is 125 Å². The van der Waals surface area contributed by atoms with E-state index in [1.165, 1.54) is 36.4 Å². The van der Waals surface area contributed by atoms with Gasteiger partial charge in [0.05, 0.1) is 4.92 Å². The molecule has 0 aliphatic heterocycles. The molecule has 0 bridgehead atoms. The highest BCUT2D eigenvalue weighted by Gasteiger charge is 2.15. The summed E-state index contributed by atoms with van der Waals surface area (Å²) in [5.41, 5.74) is 5.91. The van der Waals surface area contributed by atoms with Crippen molar-refractivity contribution >= 4 is 23.2 Å². The van der Waals surface area contributed by atoms with Crippen molar-refractivity contribution in [3.8, 4) is 5.75 Å². The fraction of sp³-hybridized carbons (Fsp3) is 0.125. The molecule has 0 aliphatic rings. The van der Waals surface area contributed by atoms with E-state index in [4.69, 9.17) is 10.5 Å². The molecule has 0 spiro atoms. The van der Waals surface area contributed by atoms with Gasteiger partial charge in [-0.15, -0.1) is 0 Å². The highest BCUT2D eigenvalue weighted by molar-refractivity contribution is 5.96. The van der Waals surface area contributed by atoms with Crippen LogP contribution in [0.1, 0.15) is 17.3 Å². The van der Waals surface area contributed by atoms with Gasteiger partial charge in [-0.25, -0.2) is 0 Å². The van der Waals surface area contributed by atoms with E-state index >= 15 is 0 Å². The van der Waals surface area contributed by atoms with Crippen molar-refractivity contribution in [1.29, 1.82) is 0 Å². The molecule has 2 aromatic rings. The summed E-state index contributed by atoms with van der Waals surface area (Å²) >= 11 is 0. The number of benzene rings is 2. The molecule has 0 aromatic heterocycles. The number of anilines is 1. The maximum Gasteiger partial charge on any atom is 0.269 e. The van der Waals surface area contributed by atoms with Crippen molar-refractivity contribution in [3.63, 3.8) is 0 Å². The highest BCUT2D eigenvalue weighted by Crippen LogP contribution is 2.19. The largest absolute Gasteiger partial charge is 0.481 e. The summed E-state index contributed by atoms with van der Waals surface area (Å²) in [6, 6.07) is 11.5. The summed E-state index contributed by atoms with van der Waals surface area (Å²) in [5.74, 6) is -0.616. The van der Waals surface area contributed by atoms with Crippen LogP contribution in [0.5, 0.6) is 5.75 Å². The fourth-order valence-electron chi connectivity index (χ4n) is 1.87. The number of nitrogens with two attached hydrogens (primary N) is 1. The summed E-state index contributed by atoms with van der Waals surface area (Å²) < 4.78 is 5.44. The second-order valence-corrected chi connectivity index (χ2v) is 4.94. The Balaban J connectivity index is 1.96. The number of nitrogens with zero attached hydrogens (tertiary/aromatic N) is 1. The van der Waals surface area contributed by atoms with Crippen molar-refractivity contribution < 1.29 is 19.2 Å². The number of nitro groups is 1. The van der Waals surface area contributed by atoms with Gasteiger partial charge >= 0.3 is 0 Å². The standard InChI is InChI=1S/C16H15N3O5/c1-10(24-14-8-6-13(7-9-14)19(22)23)16(21)18-12-4-2-11(3-5-12)15(17)20/h2-10H,1H3,(H2,17,20)(H,18,21)/t10-/m1/s1. The zero-order chi connectivity index (χ0) is 17.7. The Morgan fingerprint density at radius 3 is 2.21 bits per heavy atom. The number of nitro benzene ring substituents is 1. The van der Waals surface area contributed by atoms with Gasteiger partial charge in [-0.1, -0.05) is 0 Å². The summed E-state index contributed by atoms with van der Waals surface area (Å²) in [6.45, 7) is 1.55. The molecule has 8 heteroatoms. The molecule has 2 amide bonds. The van der Waals surface area contributed by atoms with Crippen LogP contribution in [-0.4, -0.2) is 22.8 Å². The minimum absolute atomic E-state index is 0.0611. The van der Waals surface area contributed by atoms with Crippen LogP contribution in [0.4, 0.5) is 11.4 Å². The Morgan fingerprint density at radius 1 is 1.12 bits per heavy atom. The molecule has 0 unspecified atom stereocenters. The number of hydrogen-bond donors (Lipinski definition) is 2. The van der Waals surface area contributed by atoms with Crippen LogP contribution in [0, 0.1) is 10.1 Å². The Morgan fingerprint density at radius 2 is 1.71 bits per heavy atom. The van der Waals surface area contributed by atoms with Crippen LogP contribution in [-0.2, 0) is 4.79 Å². The lowest BCUT2D eigenvalue weighted by Crippen LogP contribution is -2.30. The lowest BCUT2D eigenvalue weighted by atomic mass is 10.2.